The molecule has 0 unspecified atom stereocenters. The Labute approximate surface area is 157 Å². The molecular weight excluding hydrogens is 343 g/mol. The van der Waals surface area contributed by atoms with Gasteiger partial charge in [0.15, 0.2) is 5.69 Å². The Bertz CT molecular complexity index is 946. The third-order valence-electron chi connectivity index (χ3n) is 4.93. The van der Waals surface area contributed by atoms with Crippen LogP contribution >= 0.6 is 0 Å². The average Bonchev–Trinajstić information content (AvgIpc) is 3.10. The average molecular weight is 364 g/mol. The lowest BCUT2D eigenvalue weighted by Gasteiger charge is -2.35. The normalized spacial score (nSPS) is 14.4. The molecule has 138 valence electrons. The van der Waals surface area contributed by atoms with Gasteiger partial charge in [-0.05, 0) is 23.8 Å². The first kappa shape index (κ1) is 17.3. The molecule has 0 radical (unpaired) electrons. The van der Waals surface area contributed by atoms with Crippen LogP contribution in [0.1, 0.15) is 10.5 Å². The summed E-state index contributed by atoms with van der Waals surface area (Å²) < 4.78 is 15.7. The zero-order valence-electron chi connectivity index (χ0n) is 15.2. The molecule has 2 heterocycles. The van der Waals surface area contributed by atoms with Crippen LogP contribution in [0.25, 0.3) is 11.3 Å². The number of amides is 1. The van der Waals surface area contributed by atoms with Gasteiger partial charge in [0.25, 0.3) is 5.91 Å². The van der Waals surface area contributed by atoms with Gasteiger partial charge in [-0.25, -0.2) is 4.39 Å². The summed E-state index contributed by atoms with van der Waals surface area (Å²) in [5, 5.41) is 4.41. The van der Waals surface area contributed by atoms with Crippen LogP contribution in [0, 0.1) is 5.82 Å². The third kappa shape index (κ3) is 3.43. The molecule has 1 aliphatic rings. The van der Waals surface area contributed by atoms with Gasteiger partial charge in [-0.2, -0.15) is 5.10 Å². The van der Waals surface area contributed by atoms with Crippen LogP contribution in [0.5, 0.6) is 0 Å². The monoisotopic (exact) mass is 364 g/mol. The second-order valence-corrected chi connectivity index (χ2v) is 6.64. The lowest BCUT2D eigenvalue weighted by Crippen LogP contribution is -2.49. The zero-order valence-corrected chi connectivity index (χ0v) is 15.2. The highest BCUT2D eigenvalue weighted by Crippen LogP contribution is 2.22. The van der Waals surface area contributed by atoms with E-state index in [-0.39, 0.29) is 11.7 Å². The maximum atomic E-state index is 14.0. The van der Waals surface area contributed by atoms with Gasteiger partial charge in [-0.1, -0.05) is 42.5 Å². The number of nitrogens with zero attached hydrogens (tertiary/aromatic N) is 4. The van der Waals surface area contributed by atoms with Crippen molar-refractivity contribution in [3.05, 3.63) is 72.2 Å². The first-order valence-electron chi connectivity index (χ1n) is 9.02. The second-order valence-electron chi connectivity index (χ2n) is 6.64. The molecule has 27 heavy (non-hydrogen) atoms. The van der Waals surface area contributed by atoms with Crippen molar-refractivity contribution in [2.75, 3.05) is 31.1 Å². The summed E-state index contributed by atoms with van der Waals surface area (Å²) in [6.45, 7) is 2.30. The molecule has 6 heteroatoms. The minimum Gasteiger partial charge on any atom is -0.366 e. The highest BCUT2D eigenvalue weighted by Gasteiger charge is 2.25. The van der Waals surface area contributed by atoms with Crippen molar-refractivity contribution in [3.63, 3.8) is 0 Å². The Kier molecular flexibility index (Phi) is 4.62. The maximum Gasteiger partial charge on any atom is 0.274 e. The van der Waals surface area contributed by atoms with Crippen LogP contribution in [0.15, 0.2) is 60.7 Å². The topological polar surface area (TPSA) is 41.4 Å². The van der Waals surface area contributed by atoms with E-state index in [1.807, 2.05) is 54.4 Å². The van der Waals surface area contributed by atoms with Crippen molar-refractivity contribution in [3.8, 4) is 11.3 Å². The number of para-hydroxylation sites is 1. The Morgan fingerprint density at radius 3 is 2.33 bits per heavy atom. The summed E-state index contributed by atoms with van der Waals surface area (Å²) in [6.07, 6.45) is 0. The number of benzene rings is 2. The van der Waals surface area contributed by atoms with Crippen molar-refractivity contribution in [2.24, 2.45) is 7.05 Å². The minimum absolute atomic E-state index is 0.0824. The van der Waals surface area contributed by atoms with Crippen LogP contribution in [0.3, 0.4) is 0 Å². The molecule has 4 rings (SSSR count). The molecule has 1 aromatic heterocycles. The van der Waals surface area contributed by atoms with Crippen molar-refractivity contribution in [2.45, 2.75) is 0 Å². The molecule has 1 saturated heterocycles. The molecule has 1 aliphatic heterocycles. The number of hydrogen-bond acceptors (Lipinski definition) is 3. The van der Waals surface area contributed by atoms with Gasteiger partial charge in [0.1, 0.15) is 5.82 Å². The zero-order chi connectivity index (χ0) is 18.8. The van der Waals surface area contributed by atoms with E-state index in [0.717, 1.165) is 11.3 Å². The molecule has 0 spiro atoms. The van der Waals surface area contributed by atoms with Gasteiger partial charge in [0.05, 0.1) is 11.4 Å². The minimum atomic E-state index is -0.227. The number of aromatic nitrogens is 2. The van der Waals surface area contributed by atoms with Crippen LogP contribution < -0.4 is 4.90 Å². The van der Waals surface area contributed by atoms with Gasteiger partial charge in [0.2, 0.25) is 0 Å². The summed E-state index contributed by atoms with van der Waals surface area (Å²) in [5.41, 5.74) is 2.96. The fourth-order valence-electron chi connectivity index (χ4n) is 3.47. The second kappa shape index (κ2) is 7.23. The highest BCUT2D eigenvalue weighted by molar-refractivity contribution is 5.93. The number of piperazine rings is 1. The first-order chi connectivity index (χ1) is 13.1. The van der Waals surface area contributed by atoms with Crippen LogP contribution in [0.4, 0.5) is 10.1 Å². The van der Waals surface area contributed by atoms with E-state index in [0.29, 0.717) is 37.6 Å². The third-order valence-corrected chi connectivity index (χ3v) is 4.93. The molecule has 1 fully saturated rings. The largest absolute Gasteiger partial charge is 0.366 e. The summed E-state index contributed by atoms with van der Waals surface area (Å²) in [4.78, 5) is 16.6. The molecule has 0 aliphatic carbocycles. The van der Waals surface area contributed by atoms with Gasteiger partial charge < -0.3 is 9.80 Å². The highest BCUT2D eigenvalue weighted by atomic mass is 19.1. The number of rotatable bonds is 3. The summed E-state index contributed by atoms with van der Waals surface area (Å²) in [5.74, 6) is -0.310. The first-order valence-corrected chi connectivity index (χ1v) is 9.02. The lowest BCUT2D eigenvalue weighted by molar-refractivity contribution is 0.0740. The van der Waals surface area contributed by atoms with Gasteiger partial charge in [-0.15, -0.1) is 0 Å². The fourth-order valence-corrected chi connectivity index (χ4v) is 3.47. The van der Waals surface area contributed by atoms with E-state index < -0.39 is 0 Å². The molecule has 0 N–H and O–H groups in total. The van der Waals surface area contributed by atoms with E-state index in [4.69, 9.17) is 0 Å². The SMILES string of the molecule is Cn1nc(C(=O)N2CCN(c3ccccc3F)CC2)cc1-c1ccccc1. The standard InChI is InChI=1S/C21H21FN4O/c1-24-20(16-7-3-2-4-8-16)15-18(23-24)21(27)26-13-11-25(12-14-26)19-10-6-5-9-17(19)22/h2-10,15H,11-14H2,1H3. The van der Waals surface area contributed by atoms with Gasteiger partial charge >= 0.3 is 0 Å². The number of hydrogen-bond donors (Lipinski definition) is 0. The number of carbonyl (C=O) groups is 1. The molecular formula is C21H21FN4O. The smallest absolute Gasteiger partial charge is 0.274 e. The summed E-state index contributed by atoms with van der Waals surface area (Å²) in [7, 11) is 1.84. The maximum absolute atomic E-state index is 14.0. The lowest BCUT2D eigenvalue weighted by atomic mass is 10.1. The van der Waals surface area contributed by atoms with Crippen molar-refractivity contribution in [1.29, 1.82) is 0 Å². The number of anilines is 1. The van der Waals surface area contributed by atoms with Gasteiger partial charge in [-0.3, -0.25) is 9.48 Å². The Hall–Kier alpha value is -3.15. The molecule has 3 aromatic rings. The van der Waals surface area contributed by atoms with Crippen molar-refractivity contribution >= 4 is 11.6 Å². The van der Waals surface area contributed by atoms with Crippen LogP contribution in [-0.4, -0.2) is 46.8 Å². The molecule has 0 saturated carbocycles. The predicted molar refractivity (Wildman–Crippen MR) is 103 cm³/mol. The fraction of sp³-hybridized carbons (Fsp3) is 0.238. The number of aryl methyl sites for hydroxylation is 1. The Morgan fingerprint density at radius 2 is 1.63 bits per heavy atom. The molecule has 2 aromatic carbocycles. The summed E-state index contributed by atoms with van der Waals surface area (Å²) in [6, 6.07) is 18.5. The predicted octanol–water partition coefficient (Wildman–Crippen LogP) is 3.19. The number of carbonyl (C=O) groups excluding carboxylic acids is 1. The van der Waals surface area contributed by atoms with Crippen LogP contribution in [0.2, 0.25) is 0 Å². The van der Waals surface area contributed by atoms with E-state index in [2.05, 4.69) is 5.10 Å². The molecule has 5 nitrogen and oxygen atoms in total. The van der Waals surface area contributed by atoms with E-state index >= 15 is 0 Å². The Balaban J connectivity index is 1.47. The van der Waals surface area contributed by atoms with Crippen molar-refractivity contribution in [1.82, 2.24) is 14.7 Å². The molecule has 0 bridgehead atoms. The van der Waals surface area contributed by atoms with E-state index in [1.165, 1.54) is 6.07 Å². The van der Waals surface area contributed by atoms with Gasteiger partial charge in [0, 0.05) is 33.2 Å². The van der Waals surface area contributed by atoms with Crippen LogP contribution in [-0.2, 0) is 7.05 Å². The molecule has 1 amide bonds. The Morgan fingerprint density at radius 1 is 0.963 bits per heavy atom. The van der Waals surface area contributed by atoms with E-state index in [1.54, 1.807) is 21.7 Å². The van der Waals surface area contributed by atoms with Crippen molar-refractivity contribution < 1.29 is 9.18 Å². The molecule has 0 atom stereocenters. The quantitative estimate of drug-likeness (QED) is 0.717. The summed E-state index contributed by atoms with van der Waals surface area (Å²) >= 11 is 0. The number of halogens is 1. The van der Waals surface area contributed by atoms with E-state index in [9.17, 15) is 9.18 Å².